The van der Waals surface area contributed by atoms with Gasteiger partial charge in [-0.05, 0) is 82.0 Å². The van der Waals surface area contributed by atoms with Crippen LogP contribution in [0.5, 0.6) is 5.75 Å². The number of nitrogens with zero attached hydrogens (tertiary/aromatic N) is 2. The first-order valence-electron chi connectivity index (χ1n) is 9.27. The second kappa shape index (κ2) is 8.52. The summed E-state index contributed by atoms with van der Waals surface area (Å²) in [7, 11) is 0. The number of halogens is 2. The van der Waals surface area contributed by atoms with Crippen LogP contribution in [0.25, 0.3) is 22.7 Å². The van der Waals surface area contributed by atoms with E-state index in [1.54, 1.807) is 18.2 Å². The van der Waals surface area contributed by atoms with Gasteiger partial charge in [-0.2, -0.15) is 5.26 Å². The molecule has 3 aromatic carbocycles. The van der Waals surface area contributed by atoms with Gasteiger partial charge in [0.2, 0.25) is 0 Å². The molecule has 30 heavy (non-hydrogen) atoms. The third-order valence-electron chi connectivity index (χ3n) is 4.59. The van der Waals surface area contributed by atoms with Crippen LogP contribution in [0.3, 0.4) is 0 Å². The van der Waals surface area contributed by atoms with Crippen molar-refractivity contribution in [2.75, 3.05) is 0 Å². The van der Waals surface area contributed by atoms with Gasteiger partial charge < -0.3 is 9.72 Å². The van der Waals surface area contributed by atoms with Crippen LogP contribution in [0, 0.1) is 24.1 Å². The second-order valence-electron chi connectivity index (χ2n) is 6.88. The number of H-pyrrole nitrogens is 1. The average molecular weight is 462 g/mol. The third-order valence-corrected chi connectivity index (χ3v) is 5.21. The molecule has 4 nitrogen and oxygen atoms in total. The van der Waals surface area contributed by atoms with Gasteiger partial charge in [0.15, 0.2) is 0 Å². The van der Waals surface area contributed by atoms with E-state index < -0.39 is 0 Å². The minimum atomic E-state index is -0.274. The molecule has 0 bridgehead atoms. The normalized spacial score (nSPS) is 11.5. The quantitative estimate of drug-likeness (QED) is 0.349. The van der Waals surface area contributed by atoms with E-state index in [1.807, 2.05) is 43.3 Å². The monoisotopic (exact) mass is 461 g/mol. The Bertz CT molecular complexity index is 1290. The van der Waals surface area contributed by atoms with Crippen molar-refractivity contribution >= 4 is 38.6 Å². The van der Waals surface area contributed by atoms with Crippen molar-refractivity contribution < 1.29 is 9.13 Å². The van der Waals surface area contributed by atoms with Gasteiger partial charge in [0.25, 0.3) is 0 Å². The Morgan fingerprint density at radius 1 is 1.17 bits per heavy atom. The smallest absolute Gasteiger partial charge is 0.149 e. The number of nitriles is 1. The fourth-order valence-corrected chi connectivity index (χ4v) is 3.55. The largest absolute Gasteiger partial charge is 0.488 e. The highest BCUT2D eigenvalue weighted by molar-refractivity contribution is 9.10. The number of aromatic nitrogens is 2. The van der Waals surface area contributed by atoms with Crippen LogP contribution < -0.4 is 4.74 Å². The minimum absolute atomic E-state index is 0.274. The standard InChI is InChI=1S/C24H17BrFN3O/c1-15-2-8-21-22(10-15)29-24(28-21)18(13-27)11-17-5-9-23(20(25)12-17)30-14-16-3-6-19(26)7-4-16/h2-12H,14H2,1H3,(H,28,29). The van der Waals surface area contributed by atoms with E-state index in [0.717, 1.165) is 32.2 Å². The molecule has 0 radical (unpaired) electrons. The molecular formula is C24H17BrFN3O. The van der Waals surface area contributed by atoms with Crippen LogP contribution in [0.2, 0.25) is 0 Å². The third kappa shape index (κ3) is 4.42. The zero-order valence-electron chi connectivity index (χ0n) is 16.1. The first-order chi connectivity index (χ1) is 14.5. The van der Waals surface area contributed by atoms with Crippen molar-refractivity contribution in [3.63, 3.8) is 0 Å². The molecule has 0 aliphatic carbocycles. The summed E-state index contributed by atoms with van der Waals surface area (Å²) in [6.07, 6.45) is 1.78. The van der Waals surface area contributed by atoms with E-state index in [0.29, 0.717) is 23.8 Å². The molecule has 0 atom stereocenters. The van der Waals surface area contributed by atoms with Gasteiger partial charge in [-0.1, -0.05) is 24.3 Å². The van der Waals surface area contributed by atoms with Gasteiger partial charge >= 0.3 is 0 Å². The molecule has 4 rings (SSSR count). The number of fused-ring (bicyclic) bond motifs is 1. The summed E-state index contributed by atoms with van der Waals surface area (Å²) in [6, 6.07) is 19.9. The fourth-order valence-electron chi connectivity index (χ4n) is 3.04. The highest BCUT2D eigenvalue weighted by Gasteiger charge is 2.09. The Balaban J connectivity index is 1.55. The number of ether oxygens (including phenoxy) is 1. The highest BCUT2D eigenvalue weighted by atomic mass is 79.9. The number of rotatable bonds is 5. The molecule has 148 valence electrons. The highest BCUT2D eigenvalue weighted by Crippen LogP contribution is 2.29. The van der Waals surface area contributed by atoms with Gasteiger partial charge in [-0.25, -0.2) is 9.37 Å². The van der Waals surface area contributed by atoms with Crippen LogP contribution >= 0.6 is 15.9 Å². The lowest BCUT2D eigenvalue weighted by atomic mass is 10.1. The summed E-state index contributed by atoms with van der Waals surface area (Å²) in [6.45, 7) is 2.34. The molecule has 1 aromatic heterocycles. The van der Waals surface area contributed by atoms with Crippen LogP contribution in [0.1, 0.15) is 22.5 Å². The molecule has 0 saturated heterocycles. The first-order valence-corrected chi connectivity index (χ1v) is 10.1. The van der Waals surface area contributed by atoms with Crippen molar-refractivity contribution in [1.29, 1.82) is 5.26 Å². The van der Waals surface area contributed by atoms with Crippen molar-refractivity contribution in [1.82, 2.24) is 9.97 Å². The van der Waals surface area contributed by atoms with E-state index in [1.165, 1.54) is 12.1 Å². The van der Waals surface area contributed by atoms with Crippen molar-refractivity contribution in [2.24, 2.45) is 0 Å². The van der Waals surface area contributed by atoms with E-state index in [2.05, 4.69) is 32.0 Å². The summed E-state index contributed by atoms with van der Waals surface area (Å²) in [5, 5.41) is 9.63. The molecule has 0 spiro atoms. The number of benzene rings is 3. The summed E-state index contributed by atoms with van der Waals surface area (Å²) < 4.78 is 19.6. The lowest BCUT2D eigenvalue weighted by Gasteiger charge is -2.09. The second-order valence-corrected chi connectivity index (χ2v) is 7.74. The SMILES string of the molecule is Cc1ccc2nc(C(C#N)=Cc3ccc(OCc4ccc(F)cc4)c(Br)c3)[nH]c2c1. The van der Waals surface area contributed by atoms with Crippen LogP contribution in [0.4, 0.5) is 4.39 Å². The molecule has 4 aromatic rings. The Morgan fingerprint density at radius 2 is 1.97 bits per heavy atom. The van der Waals surface area contributed by atoms with Gasteiger partial charge in [-0.15, -0.1) is 0 Å². The number of hydrogen-bond donors (Lipinski definition) is 1. The van der Waals surface area contributed by atoms with Crippen LogP contribution in [0.15, 0.2) is 65.1 Å². The summed E-state index contributed by atoms with van der Waals surface area (Å²) in [4.78, 5) is 7.73. The van der Waals surface area contributed by atoms with Crippen LogP contribution in [-0.2, 0) is 6.61 Å². The number of imidazole rings is 1. The van der Waals surface area contributed by atoms with Gasteiger partial charge in [0, 0.05) is 0 Å². The predicted octanol–water partition coefficient (Wildman–Crippen LogP) is 6.42. The summed E-state index contributed by atoms with van der Waals surface area (Å²) in [5.74, 6) is 0.920. The van der Waals surface area contributed by atoms with Crippen molar-refractivity contribution in [2.45, 2.75) is 13.5 Å². The minimum Gasteiger partial charge on any atom is -0.488 e. The topological polar surface area (TPSA) is 61.7 Å². The van der Waals surface area contributed by atoms with Crippen LogP contribution in [-0.4, -0.2) is 9.97 Å². The van der Waals surface area contributed by atoms with E-state index in [-0.39, 0.29) is 5.82 Å². The maximum Gasteiger partial charge on any atom is 0.149 e. The number of aromatic amines is 1. The Labute approximate surface area is 181 Å². The van der Waals surface area contributed by atoms with E-state index >= 15 is 0 Å². The molecule has 6 heteroatoms. The Morgan fingerprint density at radius 3 is 2.70 bits per heavy atom. The molecule has 0 saturated carbocycles. The molecular weight excluding hydrogens is 445 g/mol. The maximum absolute atomic E-state index is 13.0. The molecule has 0 fully saturated rings. The molecule has 0 amide bonds. The average Bonchev–Trinajstić information content (AvgIpc) is 3.15. The summed E-state index contributed by atoms with van der Waals surface area (Å²) in [5.41, 5.74) is 5.00. The lowest BCUT2D eigenvalue weighted by molar-refractivity contribution is 0.304. The first kappa shape index (κ1) is 19.9. The fraction of sp³-hybridized carbons (Fsp3) is 0.0833. The zero-order valence-corrected chi connectivity index (χ0v) is 17.7. The van der Waals surface area contributed by atoms with Gasteiger partial charge in [0.05, 0.1) is 21.1 Å². The van der Waals surface area contributed by atoms with E-state index in [9.17, 15) is 9.65 Å². The molecule has 0 aliphatic rings. The van der Waals surface area contributed by atoms with Gasteiger partial charge in [0.1, 0.15) is 30.1 Å². The number of hydrogen-bond acceptors (Lipinski definition) is 3. The van der Waals surface area contributed by atoms with Crippen molar-refractivity contribution in [3.8, 4) is 11.8 Å². The molecule has 1 heterocycles. The molecule has 0 unspecified atom stereocenters. The predicted molar refractivity (Wildman–Crippen MR) is 119 cm³/mol. The van der Waals surface area contributed by atoms with Gasteiger partial charge in [-0.3, -0.25) is 0 Å². The molecule has 1 N–H and O–H groups in total. The number of aryl methyl sites for hydroxylation is 1. The van der Waals surface area contributed by atoms with E-state index in [4.69, 9.17) is 4.74 Å². The zero-order chi connectivity index (χ0) is 21.1. The maximum atomic E-state index is 13.0. The Hall–Kier alpha value is -3.43. The number of nitrogens with one attached hydrogen (secondary N) is 1. The van der Waals surface area contributed by atoms with Crippen molar-refractivity contribution in [3.05, 3.63) is 93.5 Å². The summed E-state index contributed by atoms with van der Waals surface area (Å²) >= 11 is 3.52. The number of allylic oxidation sites excluding steroid dienone is 1. The Kier molecular flexibility index (Phi) is 5.64. The lowest BCUT2D eigenvalue weighted by Crippen LogP contribution is -1.96. The molecule has 0 aliphatic heterocycles.